The van der Waals surface area contributed by atoms with Crippen molar-refractivity contribution in [2.24, 2.45) is 0 Å². The predicted octanol–water partition coefficient (Wildman–Crippen LogP) is 3.67. The van der Waals surface area contributed by atoms with Crippen molar-refractivity contribution in [1.29, 1.82) is 0 Å². The Morgan fingerprint density at radius 1 is 1.20 bits per heavy atom. The van der Waals surface area contributed by atoms with Crippen molar-refractivity contribution in [3.05, 3.63) is 69.7 Å². The topological polar surface area (TPSA) is 40.6 Å². The third-order valence-corrected chi connectivity index (χ3v) is 5.20. The van der Waals surface area contributed by atoms with Gasteiger partial charge in [-0.1, -0.05) is 46.3 Å². The van der Waals surface area contributed by atoms with Crippen LogP contribution in [0.5, 0.6) is 0 Å². The molecule has 0 bridgehead atoms. The second kappa shape index (κ2) is 7.40. The summed E-state index contributed by atoms with van der Waals surface area (Å²) in [4.78, 5) is 28.6. The van der Waals surface area contributed by atoms with Crippen LogP contribution >= 0.6 is 15.9 Å². The second-order valence-electron chi connectivity index (χ2n) is 6.38. The Morgan fingerprint density at radius 3 is 2.72 bits per heavy atom. The molecule has 0 aliphatic carbocycles. The first-order chi connectivity index (χ1) is 12.0. The van der Waals surface area contributed by atoms with Crippen molar-refractivity contribution in [2.75, 3.05) is 20.1 Å². The van der Waals surface area contributed by atoms with Crippen LogP contribution in [0, 0.1) is 0 Å². The maximum Gasteiger partial charge on any atom is 0.254 e. The van der Waals surface area contributed by atoms with Gasteiger partial charge in [0.15, 0.2) is 0 Å². The van der Waals surface area contributed by atoms with E-state index in [0.717, 1.165) is 10.9 Å². The summed E-state index contributed by atoms with van der Waals surface area (Å²) in [7, 11) is 1.67. The van der Waals surface area contributed by atoms with E-state index in [2.05, 4.69) is 28.1 Å². The molecule has 0 fully saturated rings. The van der Waals surface area contributed by atoms with Crippen molar-refractivity contribution < 1.29 is 9.59 Å². The molecule has 2 aromatic carbocycles. The minimum absolute atomic E-state index is 0.0205. The fourth-order valence-electron chi connectivity index (χ4n) is 3.32. The van der Waals surface area contributed by atoms with Crippen molar-refractivity contribution >= 4 is 27.7 Å². The monoisotopic (exact) mass is 400 g/mol. The number of rotatable bonds is 3. The van der Waals surface area contributed by atoms with E-state index in [-0.39, 0.29) is 24.4 Å². The molecule has 1 aliphatic rings. The number of fused-ring (bicyclic) bond motifs is 1. The number of nitrogens with zero attached hydrogens (tertiary/aromatic N) is 2. The molecule has 25 heavy (non-hydrogen) atoms. The predicted molar refractivity (Wildman–Crippen MR) is 101 cm³/mol. The average molecular weight is 401 g/mol. The zero-order valence-electron chi connectivity index (χ0n) is 14.4. The Balaban J connectivity index is 1.69. The molecule has 0 saturated heterocycles. The van der Waals surface area contributed by atoms with E-state index in [9.17, 15) is 9.59 Å². The number of benzene rings is 2. The van der Waals surface area contributed by atoms with Gasteiger partial charge in [-0.05, 0) is 42.7 Å². The molecule has 1 unspecified atom stereocenters. The van der Waals surface area contributed by atoms with Gasteiger partial charge in [0.2, 0.25) is 5.91 Å². The molecule has 5 heteroatoms. The van der Waals surface area contributed by atoms with Crippen molar-refractivity contribution in [3.63, 3.8) is 0 Å². The third kappa shape index (κ3) is 3.76. The lowest BCUT2D eigenvalue weighted by molar-refractivity contribution is -0.134. The number of hydrogen-bond acceptors (Lipinski definition) is 2. The number of halogens is 1. The van der Waals surface area contributed by atoms with E-state index < -0.39 is 0 Å². The molecule has 0 saturated carbocycles. The van der Waals surface area contributed by atoms with Gasteiger partial charge in [0, 0.05) is 23.6 Å². The lowest BCUT2D eigenvalue weighted by Crippen LogP contribution is -2.45. The standard InChI is InChI=1S/C20H21BrN2O2/c1-14-18-9-4-3-6-15(18)10-11-23(14)19(24)13-22(2)20(25)16-7-5-8-17(21)12-16/h3-9,12,14H,10-11,13H2,1-2H3. The zero-order chi connectivity index (χ0) is 18.0. The van der Waals surface area contributed by atoms with Crippen molar-refractivity contribution in [3.8, 4) is 0 Å². The first-order valence-electron chi connectivity index (χ1n) is 8.35. The summed E-state index contributed by atoms with van der Waals surface area (Å²) in [5, 5.41) is 0. The number of carbonyl (C=O) groups excluding carboxylic acids is 2. The molecule has 0 aromatic heterocycles. The van der Waals surface area contributed by atoms with Crippen molar-refractivity contribution in [1.82, 2.24) is 9.80 Å². The SMILES string of the molecule is CC1c2ccccc2CCN1C(=O)CN(C)C(=O)c1cccc(Br)c1. The fourth-order valence-corrected chi connectivity index (χ4v) is 3.72. The summed E-state index contributed by atoms with van der Waals surface area (Å²) in [6.07, 6.45) is 0.857. The number of amides is 2. The second-order valence-corrected chi connectivity index (χ2v) is 7.30. The number of carbonyl (C=O) groups is 2. The lowest BCUT2D eigenvalue weighted by Gasteiger charge is -2.36. The van der Waals surface area contributed by atoms with E-state index in [1.807, 2.05) is 36.1 Å². The molecule has 0 N–H and O–H groups in total. The molecule has 3 rings (SSSR count). The Labute approximate surface area is 156 Å². The maximum absolute atomic E-state index is 12.8. The molecular weight excluding hydrogens is 380 g/mol. The molecule has 130 valence electrons. The average Bonchev–Trinajstić information content (AvgIpc) is 2.61. The Kier molecular flexibility index (Phi) is 5.23. The van der Waals surface area contributed by atoms with Crippen molar-refractivity contribution in [2.45, 2.75) is 19.4 Å². The van der Waals surface area contributed by atoms with E-state index in [4.69, 9.17) is 0 Å². The minimum atomic E-state index is -0.153. The summed E-state index contributed by atoms with van der Waals surface area (Å²) < 4.78 is 0.847. The molecule has 0 spiro atoms. The van der Waals surface area contributed by atoms with Crippen LogP contribution in [0.1, 0.15) is 34.5 Å². The summed E-state index contributed by atoms with van der Waals surface area (Å²) >= 11 is 3.37. The minimum Gasteiger partial charge on any atom is -0.334 e. The van der Waals surface area contributed by atoms with Crippen LogP contribution in [0.3, 0.4) is 0 Å². The molecule has 2 aromatic rings. The van der Waals surface area contributed by atoms with Gasteiger partial charge in [0.25, 0.3) is 5.91 Å². The third-order valence-electron chi connectivity index (χ3n) is 4.71. The van der Waals surface area contributed by atoms with Gasteiger partial charge < -0.3 is 9.80 Å². The highest BCUT2D eigenvalue weighted by Gasteiger charge is 2.28. The largest absolute Gasteiger partial charge is 0.334 e. The maximum atomic E-state index is 12.8. The first-order valence-corrected chi connectivity index (χ1v) is 9.15. The first kappa shape index (κ1) is 17.7. The molecule has 1 heterocycles. The fraction of sp³-hybridized carbons (Fsp3) is 0.300. The Hall–Kier alpha value is -2.14. The van der Waals surface area contributed by atoms with Crippen LogP contribution < -0.4 is 0 Å². The highest BCUT2D eigenvalue weighted by molar-refractivity contribution is 9.10. The summed E-state index contributed by atoms with van der Waals surface area (Å²) in [5.41, 5.74) is 3.07. The van der Waals surface area contributed by atoms with E-state index in [0.29, 0.717) is 12.1 Å². The van der Waals surface area contributed by atoms with Gasteiger partial charge >= 0.3 is 0 Å². The van der Waals surface area contributed by atoms with E-state index in [1.165, 1.54) is 16.0 Å². The van der Waals surface area contributed by atoms with Gasteiger partial charge in [-0.2, -0.15) is 0 Å². The Morgan fingerprint density at radius 2 is 1.96 bits per heavy atom. The normalized spacial score (nSPS) is 16.3. The van der Waals surface area contributed by atoms with Crippen LogP contribution in [-0.2, 0) is 11.2 Å². The highest BCUT2D eigenvalue weighted by atomic mass is 79.9. The molecule has 1 atom stereocenters. The molecule has 0 radical (unpaired) electrons. The van der Waals surface area contributed by atoms with Crippen LogP contribution in [-0.4, -0.2) is 41.8 Å². The summed E-state index contributed by atoms with van der Waals surface area (Å²) in [6.45, 7) is 2.82. The Bertz CT molecular complexity index is 806. The number of likely N-dealkylation sites (N-methyl/N-ethyl adjacent to an activating group) is 1. The summed E-state index contributed by atoms with van der Waals surface area (Å²) in [5.74, 6) is -0.174. The van der Waals surface area contributed by atoms with Gasteiger partial charge in [-0.3, -0.25) is 9.59 Å². The quantitative estimate of drug-likeness (QED) is 0.788. The molecule has 2 amide bonds. The zero-order valence-corrected chi connectivity index (χ0v) is 16.0. The smallest absolute Gasteiger partial charge is 0.254 e. The van der Waals surface area contributed by atoms with Crippen LogP contribution in [0.25, 0.3) is 0 Å². The van der Waals surface area contributed by atoms with Gasteiger partial charge in [0.05, 0.1) is 12.6 Å². The van der Waals surface area contributed by atoms with Crippen LogP contribution in [0.4, 0.5) is 0 Å². The van der Waals surface area contributed by atoms with Gasteiger partial charge in [-0.25, -0.2) is 0 Å². The molecule has 1 aliphatic heterocycles. The molecule has 4 nitrogen and oxygen atoms in total. The van der Waals surface area contributed by atoms with Crippen LogP contribution in [0.2, 0.25) is 0 Å². The van der Waals surface area contributed by atoms with E-state index in [1.54, 1.807) is 19.2 Å². The molecular formula is C20H21BrN2O2. The van der Waals surface area contributed by atoms with Crippen LogP contribution in [0.15, 0.2) is 53.0 Å². The highest BCUT2D eigenvalue weighted by Crippen LogP contribution is 2.29. The van der Waals surface area contributed by atoms with E-state index >= 15 is 0 Å². The lowest BCUT2D eigenvalue weighted by atomic mass is 9.93. The van der Waals surface area contributed by atoms with Gasteiger partial charge in [0.1, 0.15) is 0 Å². The number of hydrogen-bond donors (Lipinski definition) is 0. The summed E-state index contributed by atoms with van der Waals surface area (Å²) in [6, 6.07) is 15.5. The van der Waals surface area contributed by atoms with Gasteiger partial charge in [-0.15, -0.1) is 0 Å².